The lowest BCUT2D eigenvalue weighted by atomic mass is 10.2. The molecule has 2 N–H and O–H groups in total. The molecule has 0 aromatic rings. The molecular formula is C12H20N2O3S. The maximum atomic E-state index is 12.2. The molecule has 1 atom stereocenters. The van der Waals surface area contributed by atoms with E-state index in [0.29, 0.717) is 0 Å². The normalized spacial score (nSPS) is 24.1. The Morgan fingerprint density at radius 1 is 1.28 bits per heavy atom. The standard InChI is InChI=1S/C12H20N2O3S/c15-11(16)7-14(10-3-1-2-4-10)12(17)13-9-5-6-18-8-9/h9-10H,1-8H2,(H,13,17)(H,15,16). The number of carboxylic acid groups (broad SMARTS) is 1. The van der Waals surface area contributed by atoms with Crippen LogP contribution in [0.2, 0.25) is 0 Å². The van der Waals surface area contributed by atoms with Gasteiger partial charge in [-0.25, -0.2) is 4.79 Å². The first-order valence-corrected chi connectivity index (χ1v) is 7.69. The van der Waals surface area contributed by atoms with Gasteiger partial charge in [0.15, 0.2) is 0 Å². The first kappa shape index (κ1) is 13.5. The Balaban J connectivity index is 1.93. The van der Waals surface area contributed by atoms with Crippen LogP contribution >= 0.6 is 11.8 Å². The van der Waals surface area contributed by atoms with Crippen LogP contribution in [0.5, 0.6) is 0 Å². The minimum Gasteiger partial charge on any atom is -0.480 e. The Kier molecular flexibility index (Phi) is 4.74. The largest absolute Gasteiger partial charge is 0.480 e. The average molecular weight is 272 g/mol. The maximum Gasteiger partial charge on any atom is 0.323 e. The molecule has 1 saturated heterocycles. The van der Waals surface area contributed by atoms with Crippen LogP contribution in [0.25, 0.3) is 0 Å². The summed E-state index contributed by atoms with van der Waals surface area (Å²) in [4.78, 5) is 24.6. The Morgan fingerprint density at radius 3 is 2.56 bits per heavy atom. The SMILES string of the molecule is O=C(O)CN(C(=O)NC1CCSC1)C1CCCC1. The maximum absolute atomic E-state index is 12.2. The van der Waals surface area contributed by atoms with Gasteiger partial charge in [0, 0.05) is 17.8 Å². The van der Waals surface area contributed by atoms with Crippen molar-refractivity contribution in [3.8, 4) is 0 Å². The van der Waals surface area contributed by atoms with E-state index in [9.17, 15) is 9.59 Å². The van der Waals surface area contributed by atoms with Gasteiger partial charge in [-0.15, -0.1) is 0 Å². The lowest BCUT2D eigenvalue weighted by Gasteiger charge is -2.28. The Labute approximate surface area is 111 Å². The zero-order chi connectivity index (χ0) is 13.0. The number of nitrogens with zero attached hydrogens (tertiary/aromatic N) is 1. The molecule has 0 aromatic carbocycles. The summed E-state index contributed by atoms with van der Waals surface area (Å²) in [6.07, 6.45) is 5.03. The average Bonchev–Trinajstić information content (AvgIpc) is 2.97. The molecule has 0 aromatic heterocycles. The topological polar surface area (TPSA) is 69.6 Å². The van der Waals surface area contributed by atoms with E-state index in [4.69, 9.17) is 5.11 Å². The fourth-order valence-electron chi connectivity index (χ4n) is 2.63. The highest BCUT2D eigenvalue weighted by molar-refractivity contribution is 7.99. The predicted octanol–water partition coefficient (Wildman–Crippen LogP) is 1.53. The molecule has 5 nitrogen and oxygen atoms in total. The van der Waals surface area contributed by atoms with Gasteiger partial charge in [-0.2, -0.15) is 11.8 Å². The summed E-state index contributed by atoms with van der Waals surface area (Å²) >= 11 is 1.83. The summed E-state index contributed by atoms with van der Waals surface area (Å²) in [6.45, 7) is -0.184. The van der Waals surface area contributed by atoms with Crippen LogP contribution in [0.3, 0.4) is 0 Å². The molecule has 1 unspecified atom stereocenters. The van der Waals surface area contributed by atoms with Crippen molar-refractivity contribution >= 4 is 23.8 Å². The number of hydrogen-bond acceptors (Lipinski definition) is 3. The first-order chi connectivity index (χ1) is 8.66. The molecular weight excluding hydrogens is 252 g/mol. The van der Waals surface area contributed by atoms with Gasteiger partial charge in [0.05, 0.1) is 0 Å². The highest BCUT2D eigenvalue weighted by Gasteiger charge is 2.30. The van der Waals surface area contributed by atoms with E-state index < -0.39 is 5.97 Å². The van der Waals surface area contributed by atoms with Crippen molar-refractivity contribution < 1.29 is 14.7 Å². The van der Waals surface area contributed by atoms with E-state index in [1.54, 1.807) is 0 Å². The molecule has 0 radical (unpaired) electrons. The first-order valence-electron chi connectivity index (χ1n) is 6.53. The zero-order valence-corrected chi connectivity index (χ0v) is 11.2. The summed E-state index contributed by atoms with van der Waals surface area (Å²) in [5.74, 6) is 1.09. The molecule has 102 valence electrons. The van der Waals surface area contributed by atoms with Crippen molar-refractivity contribution in [3.05, 3.63) is 0 Å². The van der Waals surface area contributed by atoms with Crippen LogP contribution in [0.1, 0.15) is 32.1 Å². The fourth-order valence-corrected chi connectivity index (χ4v) is 3.79. The third-order valence-corrected chi connectivity index (χ3v) is 4.75. The smallest absolute Gasteiger partial charge is 0.323 e. The van der Waals surface area contributed by atoms with Gasteiger partial charge in [-0.05, 0) is 25.0 Å². The molecule has 2 amide bonds. The third kappa shape index (κ3) is 3.54. The number of amides is 2. The van der Waals surface area contributed by atoms with Gasteiger partial charge in [-0.3, -0.25) is 4.79 Å². The minimum absolute atomic E-state index is 0.107. The third-order valence-electron chi connectivity index (χ3n) is 3.59. The van der Waals surface area contributed by atoms with Gasteiger partial charge in [0.25, 0.3) is 0 Å². The highest BCUT2D eigenvalue weighted by Crippen LogP contribution is 2.24. The number of carbonyl (C=O) groups is 2. The Morgan fingerprint density at radius 2 is 2.00 bits per heavy atom. The van der Waals surface area contributed by atoms with Crippen LogP contribution in [0.4, 0.5) is 4.79 Å². The lowest BCUT2D eigenvalue weighted by molar-refractivity contribution is -0.138. The highest BCUT2D eigenvalue weighted by atomic mass is 32.2. The summed E-state index contributed by atoms with van der Waals surface area (Å²) < 4.78 is 0. The van der Waals surface area contributed by atoms with Crippen LogP contribution in [0, 0.1) is 0 Å². The number of thioether (sulfide) groups is 1. The van der Waals surface area contributed by atoms with E-state index in [0.717, 1.165) is 43.6 Å². The Hall–Kier alpha value is -0.910. The van der Waals surface area contributed by atoms with Gasteiger partial charge < -0.3 is 15.3 Å². The molecule has 0 spiro atoms. The van der Waals surface area contributed by atoms with Crippen LogP contribution in [-0.4, -0.2) is 52.1 Å². The number of nitrogens with one attached hydrogen (secondary N) is 1. The van der Waals surface area contributed by atoms with Crippen molar-refractivity contribution in [2.24, 2.45) is 0 Å². The molecule has 0 bridgehead atoms. The van der Waals surface area contributed by atoms with Gasteiger partial charge in [0.1, 0.15) is 6.54 Å². The molecule has 2 aliphatic rings. The number of carboxylic acids is 1. The van der Waals surface area contributed by atoms with E-state index in [2.05, 4.69) is 5.32 Å². The van der Waals surface area contributed by atoms with Crippen LogP contribution in [-0.2, 0) is 4.79 Å². The molecule has 1 heterocycles. The second-order valence-corrected chi connectivity index (χ2v) is 6.12. The summed E-state index contributed by atoms with van der Waals surface area (Å²) in [7, 11) is 0. The van der Waals surface area contributed by atoms with E-state index in [1.165, 1.54) is 4.90 Å². The number of hydrogen-bond donors (Lipinski definition) is 2. The number of aliphatic carboxylic acids is 1. The number of urea groups is 1. The van der Waals surface area contributed by atoms with Gasteiger partial charge >= 0.3 is 12.0 Å². The predicted molar refractivity (Wildman–Crippen MR) is 70.9 cm³/mol. The molecule has 2 fully saturated rings. The van der Waals surface area contributed by atoms with E-state index >= 15 is 0 Å². The van der Waals surface area contributed by atoms with Crippen molar-refractivity contribution in [2.45, 2.75) is 44.2 Å². The van der Waals surface area contributed by atoms with Crippen LogP contribution < -0.4 is 5.32 Å². The molecule has 1 saturated carbocycles. The van der Waals surface area contributed by atoms with Crippen molar-refractivity contribution in [3.63, 3.8) is 0 Å². The monoisotopic (exact) mass is 272 g/mol. The summed E-state index contributed by atoms with van der Waals surface area (Å²) in [6, 6.07) is 0.118. The zero-order valence-electron chi connectivity index (χ0n) is 10.4. The summed E-state index contributed by atoms with van der Waals surface area (Å²) in [5.41, 5.74) is 0. The second-order valence-electron chi connectivity index (χ2n) is 4.97. The molecule has 6 heteroatoms. The molecule has 18 heavy (non-hydrogen) atoms. The van der Waals surface area contributed by atoms with Gasteiger partial charge in [-0.1, -0.05) is 12.8 Å². The quantitative estimate of drug-likeness (QED) is 0.814. The summed E-state index contributed by atoms with van der Waals surface area (Å²) in [5, 5.41) is 11.9. The second kappa shape index (κ2) is 6.31. The molecule has 2 rings (SSSR count). The molecule has 1 aliphatic carbocycles. The van der Waals surface area contributed by atoms with Crippen molar-refractivity contribution in [1.82, 2.24) is 10.2 Å². The van der Waals surface area contributed by atoms with Gasteiger partial charge in [0.2, 0.25) is 0 Å². The fraction of sp³-hybridized carbons (Fsp3) is 0.833. The molecule has 1 aliphatic heterocycles. The van der Waals surface area contributed by atoms with Crippen molar-refractivity contribution in [1.29, 1.82) is 0 Å². The minimum atomic E-state index is -0.933. The number of rotatable bonds is 4. The lowest BCUT2D eigenvalue weighted by Crippen LogP contribution is -2.50. The van der Waals surface area contributed by atoms with Crippen molar-refractivity contribution in [2.75, 3.05) is 18.1 Å². The van der Waals surface area contributed by atoms with E-state index in [1.807, 2.05) is 11.8 Å². The number of carbonyl (C=O) groups excluding carboxylic acids is 1. The Bertz CT molecular complexity index is 312. The van der Waals surface area contributed by atoms with Crippen LogP contribution in [0.15, 0.2) is 0 Å². The van der Waals surface area contributed by atoms with E-state index in [-0.39, 0.29) is 24.7 Å².